The van der Waals surface area contributed by atoms with Gasteiger partial charge in [0.25, 0.3) is 0 Å². The van der Waals surface area contributed by atoms with Crippen LogP contribution in [0.15, 0.2) is 12.2 Å². The maximum Gasteiger partial charge on any atom is 0.142 e. The lowest BCUT2D eigenvalue weighted by Crippen LogP contribution is -2.24. The number of rotatable bonds is 4. The molecule has 0 aliphatic heterocycles. The molecule has 1 fully saturated rings. The maximum absolute atomic E-state index is 11.9. The number of allylic oxidation sites excluding steroid dienone is 1. The van der Waals surface area contributed by atoms with Gasteiger partial charge < -0.3 is 0 Å². The lowest BCUT2D eigenvalue weighted by Gasteiger charge is -2.21. The van der Waals surface area contributed by atoms with Crippen LogP contribution in [0.1, 0.15) is 52.4 Å². The first kappa shape index (κ1) is 10.5. The molecule has 1 saturated carbocycles. The molecule has 0 aromatic heterocycles. The standard InChI is InChI=1S/C12H20O/c1-4-10(2)9-11(13)12(3)7-5-6-8-12/h2,4-9H2,1,3H3. The van der Waals surface area contributed by atoms with Gasteiger partial charge in [0.2, 0.25) is 0 Å². The highest BCUT2D eigenvalue weighted by Gasteiger charge is 2.35. The maximum atomic E-state index is 11.9. The molecule has 0 N–H and O–H groups in total. The summed E-state index contributed by atoms with van der Waals surface area (Å²) in [6.07, 6.45) is 6.15. The summed E-state index contributed by atoms with van der Waals surface area (Å²) in [6, 6.07) is 0. The van der Waals surface area contributed by atoms with Crippen molar-refractivity contribution in [1.29, 1.82) is 0 Å². The molecule has 74 valence electrons. The summed E-state index contributed by atoms with van der Waals surface area (Å²) in [7, 11) is 0. The average molecular weight is 180 g/mol. The highest BCUT2D eigenvalue weighted by molar-refractivity contribution is 5.86. The van der Waals surface area contributed by atoms with Gasteiger partial charge in [0.15, 0.2) is 0 Å². The second kappa shape index (κ2) is 4.08. The number of carbonyl (C=O) groups excluding carboxylic acids is 1. The van der Waals surface area contributed by atoms with Crippen LogP contribution in [0.5, 0.6) is 0 Å². The number of hydrogen-bond donors (Lipinski definition) is 0. The Bertz CT molecular complexity index is 209. The molecule has 0 atom stereocenters. The fourth-order valence-corrected chi connectivity index (χ4v) is 2.00. The zero-order valence-electron chi connectivity index (χ0n) is 8.86. The van der Waals surface area contributed by atoms with Gasteiger partial charge in [-0.25, -0.2) is 0 Å². The molecular weight excluding hydrogens is 160 g/mol. The van der Waals surface area contributed by atoms with Crippen molar-refractivity contribution < 1.29 is 4.79 Å². The molecular formula is C12H20O. The summed E-state index contributed by atoms with van der Waals surface area (Å²) in [4.78, 5) is 11.9. The Hall–Kier alpha value is -0.590. The number of carbonyl (C=O) groups is 1. The second-order valence-electron chi connectivity index (χ2n) is 4.47. The Morgan fingerprint density at radius 2 is 1.92 bits per heavy atom. The van der Waals surface area contributed by atoms with Gasteiger partial charge >= 0.3 is 0 Å². The van der Waals surface area contributed by atoms with Crippen LogP contribution >= 0.6 is 0 Å². The molecule has 0 radical (unpaired) electrons. The minimum atomic E-state index is -0.0158. The lowest BCUT2D eigenvalue weighted by molar-refractivity contribution is -0.126. The van der Waals surface area contributed by atoms with Crippen molar-refractivity contribution in [2.24, 2.45) is 5.41 Å². The van der Waals surface area contributed by atoms with E-state index in [-0.39, 0.29) is 5.41 Å². The van der Waals surface area contributed by atoms with Crippen molar-refractivity contribution >= 4 is 5.78 Å². The van der Waals surface area contributed by atoms with E-state index in [9.17, 15) is 4.79 Å². The van der Waals surface area contributed by atoms with Gasteiger partial charge in [0, 0.05) is 11.8 Å². The van der Waals surface area contributed by atoms with Crippen LogP contribution in [0.2, 0.25) is 0 Å². The average Bonchev–Trinajstić information content (AvgIpc) is 2.53. The third-order valence-corrected chi connectivity index (χ3v) is 3.29. The third kappa shape index (κ3) is 2.43. The monoisotopic (exact) mass is 180 g/mol. The van der Waals surface area contributed by atoms with Gasteiger partial charge in [-0.05, 0) is 19.3 Å². The van der Waals surface area contributed by atoms with E-state index in [1.54, 1.807) is 0 Å². The van der Waals surface area contributed by atoms with E-state index in [0.717, 1.165) is 24.8 Å². The molecule has 13 heavy (non-hydrogen) atoms. The highest BCUT2D eigenvalue weighted by Crippen LogP contribution is 2.39. The van der Waals surface area contributed by atoms with Gasteiger partial charge in [0.1, 0.15) is 5.78 Å². The lowest BCUT2D eigenvalue weighted by atomic mass is 9.81. The summed E-state index contributed by atoms with van der Waals surface area (Å²) in [5.74, 6) is 0.414. The summed E-state index contributed by atoms with van der Waals surface area (Å²) < 4.78 is 0. The van der Waals surface area contributed by atoms with Gasteiger partial charge in [-0.3, -0.25) is 4.79 Å². The molecule has 0 unspecified atom stereocenters. The van der Waals surface area contributed by atoms with Crippen molar-refractivity contribution in [3.63, 3.8) is 0 Å². The normalized spacial score (nSPS) is 20.2. The smallest absolute Gasteiger partial charge is 0.142 e. The van der Waals surface area contributed by atoms with Gasteiger partial charge in [-0.1, -0.05) is 38.8 Å². The Morgan fingerprint density at radius 3 is 2.38 bits per heavy atom. The first-order chi connectivity index (χ1) is 6.08. The van der Waals surface area contributed by atoms with E-state index >= 15 is 0 Å². The van der Waals surface area contributed by atoms with Crippen molar-refractivity contribution in [3.8, 4) is 0 Å². The topological polar surface area (TPSA) is 17.1 Å². The zero-order valence-corrected chi connectivity index (χ0v) is 8.86. The van der Waals surface area contributed by atoms with Crippen molar-refractivity contribution in [2.45, 2.75) is 52.4 Å². The van der Waals surface area contributed by atoms with Gasteiger partial charge in [0.05, 0.1) is 0 Å². The third-order valence-electron chi connectivity index (χ3n) is 3.29. The van der Waals surface area contributed by atoms with Gasteiger partial charge in [-0.15, -0.1) is 0 Å². The SMILES string of the molecule is C=C(CC)CC(=O)C1(C)CCCC1. The van der Waals surface area contributed by atoms with Crippen LogP contribution in [0, 0.1) is 5.41 Å². The molecule has 0 saturated heterocycles. The second-order valence-corrected chi connectivity index (χ2v) is 4.47. The molecule has 1 aliphatic carbocycles. The van der Waals surface area contributed by atoms with E-state index < -0.39 is 0 Å². The molecule has 0 amide bonds. The minimum Gasteiger partial charge on any atom is -0.299 e. The summed E-state index contributed by atoms with van der Waals surface area (Å²) in [5.41, 5.74) is 1.07. The quantitative estimate of drug-likeness (QED) is 0.605. The van der Waals surface area contributed by atoms with Crippen LogP contribution in [-0.4, -0.2) is 5.78 Å². The molecule has 1 nitrogen and oxygen atoms in total. The molecule has 1 rings (SSSR count). The Labute approximate surface area is 81.2 Å². The molecule has 0 spiro atoms. The van der Waals surface area contributed by atoms with E-state index in [1.807, 2.05) is 0 Å². The molecule has 0 aromatic carbocycles. The molecule has 1 aliphatic rings. The van der Waals surface area contributed by atoms with Crippen LogP contribution < -0.4 is 0 Å². The first-order valence-corrected chi connectivity index (χ1v) is 5.28. The first-order valence-electron chi connectivity index (χ1n) is 5.28. The fraction of sp³-hybridized carbons (Fsp3) is 0.750. The van der Waals surface area contributed by atoms with E-state index in [4.69, 9.17) is 0 Å². The van der Waals surface area contributed by atoms with Crippen molar-refractivity contribution in [3.05, 3.63) is 12.2 Å². The number of hydrogen-bond acceptors (Lipinski definition) is 1. The van der Waals surface area contributed by atoms with Crippen molar-refractivity contribution in [1.82, 2.24) is 0 Å². The zero-order chi connectivity index (χ0) is 9.90. The van der Waals surface area contributed by atoms with Gasteiger partial charge in [-0.2, -0.15) is 0 Å². The van der Waals surface area contributed by atoms with Crippen LogP contribution in [0.25, 0.3) is 0 Å². The highest BCUT2D eigenvalue weighted by atomic mass is 16.1. The van der Waals surface area contributed by atoms with Crippen LogP contribution in [-0.2, 0) is 4.79 Å². The summed E-state index contributed by atoms with van der Waals surface area (Å²) in [6.45, 7) is 8.07. The van der Waals surface area contributed by atoms with Crippen molar-refractivity contribution in [2.75, 3.05) is 0 Å². The molecule has 0 bridgehead atoms. The number of ketones is 1. The van der Waals surface area contributed by atoms with E-state index in [0.29, 0.717) is 12.2 Å². The Morgan fingerprint density at radius 1 is 1.38 bits per heavy atom. The van der Waals surface area contributed by atoms with E-state index in [1.165, 1.54) is 12.8 Å². The summed E-state index contributed by atoms with van der Waals surface area (Å²) in [5, 5.41) is 0. The van der Waals surface area contributed by atoms with E-state index in [2.05, 4.69) is 20.4 Å². The fourth-order valence-electron chi connectivity index (χ4n) is 2.00. The molecule has 0 aromatic rings. The largest absolute Gasteiger partial charge is 0.299 e. The number of Topliss-reactive ketones (excluding diaryl/α,β-unsaturated/α-hetero) is 1. The molecule has 0 heterocycles. The minimum absolute atomic E-state index is 0.0158. The molecule has 1 heteroatoms. The Kier molecular flexibility index (Phi) is 3.29. The predicted molar refractivity (Wildman–Crippen MR) is 55.6 cm³/mol. The van der Waals surface area contributed by atoms with Crippen LogP contribution in [0.3, 0.4) is 0 Å². The predicted octanol–water partition coefficient (Wildman–Crippen LogP) is 3.49. The summed E-state index contributed by atoms with van der Waals surface area (Å²) >= 11 is 0. The van der Waals surface area contributed by atoms with Crippen LogP contribution in [0.4, 0.5) is 0 Å². The Balaban J connectivity index is 2.51.